The predicted molar refractivity (Wildman–Crippen MR) is 83.1 cm³/mol. The number of rotatable bonds is 5. The Labute approximate surface area is 125 Å². The third kappa shape index (κ3) is 2.52. The third-order valence-electron chi connectivity index (χ3n) is 2.87. The van der Waals surface area contributed by atoms with Crippen LogP contribution in [0.1, 0.15) is 5.69 Å². The van der Waals surface area contributed by atoms with Crippen molar-refractivity contribution in [2.75, 3.05) is 14.2 Å². The van der Waals surface area contributed by atoms with Crippen LogP contribution in [0.3, 0.4) is 0 Å². The van der Waals surface area contributed by atoms with E-state index >= 15 is 0 Å². The Hall–Kier alpha value is -1.20. The van der Waals surface area contributed by atoms with Crippen LogP contribution in [-0.2, 0) is 13.6 Å². The van der Waals surface area contributed by atoms with Crippen LogP contribution in [0.15, 0.2) is 35.3 Å². The Kier molecular flexibility index (Phi) is 4.60. The van der Waals surface area contributed by atoms with Gasteiger partial charge < -0.3 is 9.05 Å². The molecule has 2 rings (SSSR count). The van der Waals surface area contributed by atoms with Crippen LogP contribution in [-0.4, -0.2) is 24.4 Å². The van der Waals surface area contributed by atoms with E-state index in [1.807, 2.05) is 24.3 Å². The monoisotopic (exact) mass is 356 g/mol. The standard InChI is InChI=1S/C13H14BrN2O3P/c1-4-11-12(9-7-5-6-8-10(9)14)13(16-15-11)20(17,18-2)19-3/h4-8H,1H2,2-3H3,(H,15,16). The first-order valence-corrected chi connectivity index (χ1v) is 8.08. The van der Waals surface area contributed by atoms with E-state index in [1.54, 1.807) is 6.08 Å². The van der Waals surface area contributed by atoms with Gasteiger partial charge in [0.25, 0.3) is 0 Å². The molecule has 0 aliphatic carbocycles. The maximum absolute atomic E-state index is 12.6. The van der Waals surface area contributed by atoms with Crippen molar-refractivity contribution in [2.45, 2.75) is 0 Å². The molecule has 0 radical (unpaired) electrons. The second kappa shape index (κ2) is 6.06. The van der Waals surface area contributed by atoms with Gasteiger partial charge in [-0.1, -0.05) is 40.7 Å². The predicted octanol–water partition coefficient (Wildman–Crippen LogP) is 3.59. The highest BCUT2D eigenvalue weighted by atomic mass is 79.9. The van der Waals surface area contributed by atoms with Gasteiger partial charge in [0.15, 0.2) is 5.44 Å². The van der Waals surface area contributed by atoms with E-state index in [0.717, 1.165) is 10.0 Å². The molecule has 2 aromatic rings. The Bertz CT molecular complexity index is 676. The summed E-state index contributed by atoms with van der Waals surface area (Å²) in [5.74, 6) is 0. The van der Waals surface area contributed by atoms with Crippen molar-refractivity contribution in [3.63, 3.8) is 0 Å². The van der Waals surface area contributed by atoms with Gasteiger partial charge in [0.2, 0.25) is 0 Å². The normalized spacial score (nSPS) is 11.6. The van der Waals surface area contributed by atoms with Crippen LogP contribution in [0, 0.1) is 0 Å². The van der Waals surface area contributed by atoms with Gasteiger partial charge in [-0.25, -0.2) is 0 Å². The molecule has 0 aliphatic rings. The van der Waals surface area contributed by atoms with E-state index in [9.17, 15) is 4.57 Å². The summed E-state index contributed by atoms with van der Waals surface area (Å²) in [6.07, 6.45) is 1.59. The van der Waals surface area contributed by atoms with Crippen molar-refractivity contribution in [3.05, 3.63) is 41.0 Å². The molecule has 0 saturated carbocycles. The van der Waals surface area contributed by atoms with Crippen molar-refractivity contribution < 1.29 is 13.6 Å². The van der Waals surface area contributed by atoms with Gasteiger partial charge in [0.1, 0.15) is 0 Å². The Morgan fingerprint density at radius 3 is 2.55 bits per heavy atom. The molecule has 1 aromatic carbocycles. The van der Waals surface area contributed by atoms with Gasteiger partial charge in [-0.15, -0.1) is 0 Å². The Morgan fingerprint density at radius 2 is 2.00 bits per heavy atom. The van der Waals surface area contributed by atoms with Gasteiger partial charge in [0.05, 0.1) is 5.69 Å². The SMILES string of the molecule is C=Cc1n[nH]c(P(=O)(OC)OC)c1-c1ccccc1Br. The quantitative estimate of drug-likeness (QED) is 0.831. The summed E-state index contributed by atoms with van der Waals surface area (Å²) in [5.41, 5.74) is 2.38. The number of nitrogens with zero attached hydrogens (tertiary/aromatic N) is 1. The van der Waals surface area contributed by atoms with Crippen molar-refractivity contribution in [1.82, 2.24) is 10.2 Å². The van der Waals surface area contributed by atoms with E-state index < -0.39 is 7.60 Å². The Balaban J connectivity index is 2.75. The molecule has 7 heteroatoms. The molecule has 0 amide bonds. The highest BCUT2D eigenvalue weighted by Gasteiger charge is 2.32. The smallest absolute Gasteiger partial charge is 0.308 e. The number of aromatic amines is 1. The van der Waals surface area contributed by atoms with Crippen LogP contribution >= 0.6 is 23.5 Å². The molecular formula is C13H14BrN2O3P. The summed E-state index contributed by atoms with van der Waals surface area (Å²) in [6.45, 7) is 3.72. The highest BCUT2D eigenvalue weighted by Crippen LogP contribution is 2.48. The average molecular weight is 357 g/mol. The maximum Gasteiger partial charge on any atom is 0.379 e. The molecule has 1 heterocycles. The minimum absolute atomic E-state index is 0.310. The molecule has 5 nitrogen and oxygen atoms in total. The van der Waals surface area contributed by atoms with E-state index in [-0.39, 0.29) is 0 Å². The molecule has 1 N–H and O–H groups in total. The zero-order valence-electron chi connectivity index (χ0n) is 11.1. The minimum Gasteiger partial charge on any atom is -0.308 e. The number of benzene rings is 1. The van der Waals surface area contributed by atoms with Crippen molar-refractivity contribution in [3.8, 4) is 11.1 Å². The number of H-pyrrole nitrogens is 1. The lowest BCUT2D eigenvalue weighted by molar-refractivity contribution is 0.286. The molecular weight excluding hydrogens is 343 g/mol. The number of aromatic nitrogens is 2. The van der Waals surface area contributed by atoms with Gasteiger partial charge in [-0.05, 0) is 12.1 Å². The summed E-state index contributed by atoms with van der Waals surface area (Å²) >= 11 is 3.48. The molecule has 0 bridgehead atoms. The van der Waals surface area contributed by atoms with Gasteiger partial charge in [-0.3, -0.25) is 9.66 Å². The third-order valence-corrected chi connectivity index (χ3v) is 5.39. The summed E-state index contributed by atoms with van der Waals surface area (Å²) in [6, 6.07) is 7.56. The van der Waals surface area contributed by atoms with E-state index in [1.165, 1.54) is 14.2 Å². The molecule has 1 aromatic heterocycles. The Morgan fingerprint density at radius 1 is 1.35 bits per heavy atom. The molecule has 0 fully saturated rings. The minimum atomic E-state index is -3.44. The van der Waals surface area contributed by atoms with Gasteiger partial charge >= 0.3 is 7.60 Å². The fourth-order valence-corrected chi connectivity index (χ4v) is 3.56. The fourth-order valence-electron chi connectivity index (χ4n) is 1.88. The lowest BCUT2D eigenvalue weighted by atomic mass is 10.1. The number of nitrogens with one attached hydrogen (secondary N) is 1. The first-order chi connectivity index (χ1) is 9.57. The van der Waals surface area contributed by atoms with E-state index in [4.69, 9.17) is 9.05 Å². The summed E-state index contributed by atoms with van der Waals surface area (Å²) in [5, 5.41) is 6.86. The van der Waals surface area contributed by atoms with Crippen LogP contribution in [0.2, 0.25) is 0 Å². The first-order valence-electron chi connectivity index (χ1n) is 5.75. The van der Waals surface area contributed by atoms with Crippen molar-refractivity contribution in [1.29, 1.82) is 0 Å². The second-order valence-corrected chi connectivity index (χ2v) is 6.91. The lowest BCUT2D eigenvalue weighted by Crippen LogP contribution is -2.12. The molecule has 0 saturated heterocycles. The topological polar surface area (TPSA) is 64.2 Å². The number of halogens is 1. The number of hydrogen-bond donors (Lipinski definition) is 1. The fraction of sp³-hybridized carbons (Fsp3) is 0.154. The molecule has 106 valence electrons. The van der Waals surface area contributed by atoms with E-state index in [2.05, 4.69) is 32.7 Å². The highest BCUT2D eigenvalue weighted by molar-refractivity contribution is 9.10. The summed E-state index contributed by atoms with van der Waals surface area (Å²) in [4.78, 5) is 0. The summed E-state index contributed by atoms with van der Waals surface area (Å²) in [7, 11) is -0.764. The van der Waals surface area contributed by atoms with Crippen LogP contribution < -0.4 is 5.44 Å². The average Bonchev–Trinajstić information content (AvgIpc) is 2.91. The molecule has 20 heavy (non-hydrogen) atoms. The van der Waals surface area contributed by atoms with Crippen molar-refractivity contribution >= 4 is 35.0 Å². The molecule has 0 aliphatic heterocycles. The first kappa shape index (κ1) is 15.2. The van der Waals surface area contributed by atoms with Crippen LogP contribution in [0.5, 0.6) is 0 Å². The zero-order chi connectivity index (χ0) is 14.8. The maximum atomic E-state index is 12.6. The largest absolute Gasteiger partial charge is 0.379 e. The van der Waals surface area contributed by atoms with E-state index in [0.29, 0.717) is 16.7 Å². The summed E-state index contributed by atoms with van der Waals surface area (Å²) < 4.78 is 23.6. The zero-order valence-corrected chi connectivity index (χ0v) is 13.6. The van der Waals surface area contributed by atoms with Crippen LogP contribution in [0.25, 0.3) is 17.2 Å². The second-order valence-electron chi connectivity index (χ2n) is 3.88. The van der Waals surface area contributed by atoms with Gasteiger partial charge in [-0.2, -0.15) is 5.10 Å². The molecule has 0 atom stereocenters. The van der Waals surface area contributed by atoms with Crippen LogP contribution in [0.4, 0.5) is 0 Å². The molecule has 0 unspecified atom stereocenters. The lowest BCUT2D eigenvalue weighted by Gasteiger charge is -2.14. The number of hydrogen-bond acceptors (Lipinski definition) is 4. The molecule has 0 spiro atoms. The van der Waals surface area contributed by atoms with Crippen molar-refractivity contribution in [2.24, 2.45) is 0 Å². The van der Waals surface area contributed by atoms with Gasteiger partial charge in [0, 0.05) is 29.8 Å².